The summed E-state index contributed by atoms with van der Waals surface area (Å²) in [5, 5.41) is 4.12. The quantitative estimate of drug-likeness (QED) is 0.907. The van der Waals surface area contributed by atoms with Crippen LogP contribution in [0.15, 0.2) is 4.52 Å². The lowest BCUT2D eigenvalue weighted by atomic mass is 9.84. The number of hydrogen-bond donors (Lipinski definition) is 1. The van der Waals surface area contributed by atoms with Crippen LogP contribution >= 0.6 is 0 Å². The summed E-state index contributed by atoms with van der Waals surface area (Å²) in [4.78, 5) is 6.77. The third kappa shape index (κ3) is 3.93. The van der Waals surface area contributed by atoms with Crippen LogP contribution in [0.25, 0.3) is 0 Å². The fourth-order valence-electron chi connectivity index (χ4n) is 2.63. The molecule has 2 heterocycles. The lowest BCUT2D eigenvalue weighted by molar-refractivity contribution is 0.286. The van der Waals surface area contributed by atoms with Gasteiger partial charge in [0.2, 0.25) is 5.89 Å². The smallest absolute Gasteiger partial charge is 0.266 e. The summed E-state index contributed by atoms with van der Waals surface area (Å²) in [6, 6.07) is 0. The second kappa shape index (κ2) is 5.90. The normalized spacial score (nSPS) is 18.6. The summed E-state index contributed by atoms with van der Waals surface area (Å²) >= 11 is 0. The van der Waals surface area contributed by atoms with Crippen LogP contribution in [-0.4, -0.2) is 29.8 Å². The number of piperidine rings is 1. The predicted molar refractivity (Wildman–Crippen MR) is 76.2 cm³/mol. The van der Waals surface area contributed by atoms with Crippen LogP contribution in [0.2, 0.25) is 0 Å². The van der Waals surface area contributed by atoms with Gasteiger partial charge in [0.25, 0.3) is 5.95 Å². The Hall–Kier alpha value is -1.10. The fraction of sp³-hybridized carbons (Fsp3) is 0.857. The maximum Gasteiger partial charge on any atom is 0.266 e. The van der Waals surface area contributed by atoms with Crippen molar-refractivity contribution in [3.63, 3.8) is 0 Å². The molecular weight excluding hydrogens is 240 g/mol. The highest BCUT2D eigenvalue weighted by Crippen LogP contribution is 2.30. The Morgan fingerprint density at radius 1 is 1.26 bits per heavy atom. The molecule has 1 saturated heterocycles. The molecule has 1 fully saturated rings. The van der Waals surface area contributed by atoms with Gasteiger partial charge in [-0.25, -0.2) is 0 Å². The first-order valence-corrected chi connectivity index (χ1v) is 7.28. The average molecular weight is 266 g/mol. The van der Waals surface area contributed by atoms with E-state index in [4.69, 9.17) is 10.3 Å². The van der Waals surface area contributed by atoms with Crippen LogP contribution in [0.3, 0.4) is 0 Å². The van der Waals surface area contributed by atoms with Crippen molar-refractivity contribution in [1.82, 2.24) is 10.1 Å². The van der Waals surface area contributed by atoms with Gasteiger partial charge in [0.05, 0.1) is 5.92 Å². The molecule has 0 bridgehead atoms. The lowest BCUT2D eigenvalue weighted by Gasteiger charge is -2.24. The Bertz CT molecular complexity index is 390. The lowest BCUT2D eigenvalue weighted by Crippen LogP contribution is -2.30. The summed E-state index contributed by atoms with van der Waals surface area (Å²) in [5.74, 6) is 1.59. The van der Waals surface area contributed by atoms with Crippen molar-refractivity contribution in [2.24, 2.45) is 11.1 Å². The highest BCUT2D eigenvalue weighted by molar-refractivity contribution is 5.28. The summed E-state index contributed by atoms with van der Waals surface area (Å²) in [7, 11) is 0. The van der Waals surface area contributed by atoms with Gasteiger partial charge in [-0.2, -0.15) is 4.98 Å². The molecule has 2 rings (SSSR count). The molecule has 1 aromatic heterocycles. The van der Waals surface area contributed by atoms with Gasteiger partial charge in [-0.15, -0.1) is 0 Å². The summed E-state index contributed by atoms with van der Waals surface area (Å²) in [6.45, 7) is 9.24. The van der Waals surface area contributed by atoms with Crippen LogP contribution in [0, 0.1) is 5.41 Å². The minimum Gasteiger partial charge on any atom is -0.338 e. The van der Waals surface area contributed by atoms with Gasteiger partial charge >= 0.3 is 0 Å². The molecule has 0 radical (unpaired) electrons. The zero-order valence-electron chi connectivity index (χ0n) is 12.4. The molecular formula is C14H26N4O. The van der Waals surface area contributed by atoms with Crippen LogP contribution in [-0.2, 0) is 0 Å². The molecule has 1 aliphatic heterocycles. The Kier molecular flexibility index (Phi) is 4.45. The van der Waals surface area contributed by atoms with Crippen molar-refractivity contribution < 1.29 is 4.52 Å². The van der Waals surface area contributed by atoms with E-state index in [1.54, 1.807) is 0 Å². The Balaban J connectivity index is 2.05. The predicted octanol–water partition coefficient (Wildman–Crippen LogP) is 2.54. The number of nitrogens with zero attached hydrogens (tertiary/aromatic N) is 3. The highest BCUT2D eigenvalue weighted by atomic mass is 16.5. The van der Waals surface area contributed by atoms with Gasteiger partial charge in [-0.3, -0.25) is 0 Å². The standard InChI is InChI=1S/C14H26N4O/c1-14(2,3)9-11(10-15)12-16-13(17-19-12)18-7-5-4-6-8-18/h11H,4-10,15H2,1-3H3. The average Bonchev–Trinajstić information content (AvgIpc) is 2.85. The van der Waals surface area contributed by atoms with E-state index in [1.165, 1.54) is 19.3 Å². The first-order valence-electron chi connectivity index (χ1n) is 7.28. The molecule has 1 atom stereocenters. The maximum atomic E-state index is 5.86. The van der Waals surface area contributed by atoms with E-state index in [0.29, 0.717) is 12.4 Å². The number of nitrogens with two attached hydrogens (primary N) is 1. The van der Waals surface area contributed by atoms with Gasteiger partial charge < -0.3 is 15.2 Å². The first-order chi connectivity index (χ1) is 8.99. The first kappa shape index (κ1) is 14.3. The van der Waals surface area contributed by atoms with Crippen LogP contribution in [0.1, 0.15) is 58.3 Å². The number of aromatic nitrogens is 2. The molecule has 2 N–H and O–H groups in total. The molecule has 0 amide bonds. The SMILES string of the molecule is CC(C)(C)CC(CN)c1nc(N2CCCCC2)no1. The van der Waals surface area contributed by atoms with E-state index in [2.05, 4.69) is 35.8 Å². The minimum absolute atomic E-state index is 0.158. The minimum atomic E-state index is 0.158. The molecule has 1 unspecified atom stereocenters. The zero-order valence-corrected chi connectivity index (χ0v) is 12.4. The molecule has 5 nitrogen and oxygen atoms in total. The molecule has 1 aliphatic rings. The molecule has 0 saturated carbocycles. The molecule has 1 aromatic rings. The zero-order chi connectivity index (χ0) is 13.9. The molecule has 0 aliphatic carbocycles. The van der Waals surface area contributed by atoms with E-state index in [1.807, 2.05) is 0 Å². The monoisotopic (exact) mass is 266 g/mol. The molecule has 5 heteroatoms. The molecule has 0 aromatic carbocycles. The fourth-order valence-corrected chi connectivity index (χ4v) is 2.63. The van der Waals surface area contributed by atoms with E-state index in [-0.39, 0.29) is 11.3 Å². The van der Waals surface area contributed by atoms with E-state index >= 15 is 0 Å². The van der Waals surface area contributed by atoms with Gasteiger partial charge in [0, 0.05) is 19.6 Å². The second-order valence-corrected chi connectivity index (χ2v) is 6.68. The van der Waals surface area contributed by atoms with Crippen molar-refractivity contribution in [2.75, 3.05) is 24.5 Å². The van der Waals surface area contributed by atoms with Gasteiger partial charge in [-0.1, -0.05) is 20.8 Å². The number of rotatable bonds is 4. The van der Waals surface area contributed by atoms with Crippen LogP contribution < -0.4 is 10.6 Å². The third-order valence-electron chi connectivity index (χ3n) is 3.56. The van der Waals surface area contributed by atoms with E-state index in [0.717, 1.165) is 25.5 Å². The number of anilines is 1. The maximum absolute atomic E-state index is 5.86. The Morgan fingerprint density at radius 3 is 2.53 bits per heavy atom. The largest absolute Gasteiger partial charge is 0.338 e. The van der Waals surface area contributed by atoms with Crippen molar-refractivity contribution >= 4 is 5.95 Å². The third-order valence-corrected chi connectivity index (χ3v) is 3.56. The van der Waals surface area contributed by atoms with Gasteiger partial charge in [0.1, 0.15) is 0 Å². The van der Waals surface area contributed by atoms with Crippen LogP contribution in [0.4, 0.5) is 5.95 Å². The van der Waals surface area contributed by atoms with Crippen molar-refractivity contribution in [1.29, 1.82) is 0 Å². The van der Waals surface area contributed by atoms with Gasteiger partial charge in [0.15, 0.2) is 0 Å². The number of hydrogen-bond acceptors (Lipinski definition) is 5. The molecule has 108 valence electrons. The van der Waals surface area contributed by atoms with Crippen LogP contribution in [0.5, 0.6) is 0 Å². The highest BCUT2D eigenvalue weighted by Gasteiger charge is 2.25. The summed E-state index contributed by atoms with van der Waals surface area (Å²) < 4.78 is 5.43. The topological polar surface area (TPSA) is 68.2 Å². The second-order valence-electron chi connectivity index (χ2n) is 6.68. The molecule has 19 heavy (non-hydrogen) atoms. The Morgan fingerprint density at radius 2 is 1.95 bits per heavy atom. The van der Waals surface area contributed by atoms with Crippen molar-refractivity contribution in [3.05, 3.63) is 5.89 Å². The molecule has 0 spiro atoms. The van der Waals surface area contributed by atoms with Gasteiger partial charge in [-0.05, 0) is 36.3 Å². The van der Waals surface area contributed by atoms with E-state index < -0.39 is 0 Å². The summed E-state index contributed by atoms with van der Waals surface area (Å²) in [6.07, 6.45) is 4.69. The summed E-state index contributed by atoms with van der Waals surface area (Å²) in [5.41, 5.74) is 6.07. The van der Waals surface area contributed by atoms with Crippen molar-refractivity contribution in [3.8, 4) is 0 Å². The van der Waals surface area contributed by atoms with Crippen molar-refractivity contribution in [2.45, 2.75) is 52.4 Å². The Labute approximate surface area is 115 Å². The van der Waals surface area contributed by atoms with E-state index in [9.17, 15) is 0 Å².